The van der Waals surface area contributed by atoms with Crippen molar-refractivity contribution in [2.45, 2.75) is 32.2 Å². The Morgan fingerprint density at radius 3 is 2.60 bits per heavy atom. The Hall–Kier alpha value is -1.88. The minimum absolute atomic E-state index is 0.115. The SMILES string of the molecule is CN(Cc1ccccc1)C(=O)CC1CCN(C(=O)C2CCOCC2)C1. The van der Waals surface area contributed by atoms with Gasteiger partial charge >= 0.3 is 0 Å². The Morgan fingerprint density at radius 1 is 1.16 bits per heavy atom. The first-order valence-corrected chi connectivity index (χ1v) is 9.28. The van der Waals surface area contributed by atoms with Crippen molar-refractivity contribution in [3.05, 3.63) is 35.9 Å². The highest BCUT2D eigenvalue weighted by Crippen LogP contribution is 2.25. The number of carbonyl (C=O) groups is 2. The van der Waals surface area contributed by atoms with E-state index in [1.807, 2.05) is 42.3 Å². The molecule has 0 aromatic heterocycles. The van der Waals surface area contributed by atoms with E-state index in [2.05, 4.69) is 0 Å². The Balaban J connectivity index is 1.45. The highest BCUT2D eigenvalue weighted by atomic mass is 16.5. The summed E-state index contributed by atoms with van der Waals surface area (Å²) in [6.45, 7) is 3.53. The van der Waals surface area contributed by atoms with E-state index in [4.69, 9.17) is 4.74 Å². The lowest BCUT2D eigenvalue weighted by atomic mass is 9.98. The summed E-state index contributed by atoms with van der Waals surface area (Å²) in [5, 5.41) is 0. The van der Waals surface area contributed by atoms with Crippen molar-refractivity contribution in [2.24, 2.45) is 11.8 Å². The van der Waals surface area contributed by atoms with Gasteiger partial charge in [-0.3, -0.25) is 9.59 Å². The first kappa shape index (κ1) is 17.9. The maximum atomic E-state index is 12.6. The van der Waals surface area contributed by atoms with Crippen LogP contribution in [0.3, 0.4) is 0 Å². The zero-order chi connectivity index (χ0) is 17.6. The summed E-state index contributed by atoms with van der Waals surface area (Å²) in [6.07, 6.45) is 3.12. The van der Waals surface area contributed by atoms with Gasteiger partial charge in [-0.1, -0.05) is 30.3 Å². The van der Waals surface area contributed by atoms with Crippen molar-refractivity contribution in [1.82, 2.24) is 9.80 Å². The number of benzene rings is 1. The van der Waals surface area contributed by atoms with Crippen LogP contribution in [0, 0.1) is 11.8 Å². The van der Waals surface area contributed by atoms with Crippen LogP contribution < -0.4 is 0 Å². The molecule has 25 heavy (non-hydrogen) atoms. The summed E-state index contributed by atoms with van der Waals surface area (Å²) in [5.41, 5.74) is 1.14. The molecule has 1 atom stereocenters. The first-order valence-electron chi connectivity index (χ1n) is 9.28. The van der Waals surface area contributed by atoms with Crippen LogP contribution in [0.25, 0.3) is 0 Å². The Morgan fingerprint density at radius 2 is 1.88 bits per heavy atom. The van der Waals surface area contributed by atoms with Gasteiger partial charge in [0.1, 0.15) is 0 Å². The summed E-state index contributed by atoms with van der Waals surface area (Å²) in [6, 6.07) is 10.0. The second kappa shape index (κ2) is 8.48. The van der Waals surface area contributed by atoms with Crippen LogP contribution in [0.1, 0.15) is 31.2 Å². The molecule has 2 heterocycles. The van der Waals surface area contributed by atoms with Crippen LogP contribution in [0.2, 0.25) is 0 Å². The molecule has 1 unspecified atom stereocenters. The second-order valence-electron chi connectivity index (χ2n) is 7.27. The van der Waals surface area contributed by atoms with E-state index in [-0.39, 0.29) is 23.7 Å². The number of ether oxygens (including phenoxy) is 1. The third-order valence-corrected chi connectivity index (χ3v) is 5.32. The largest absolute Gasteiger partial charge is 0.381 e. The smallest absolute Gasteiger partial charge is 0.225 e. The lowest BCUT2D eigenvalue weighted by Crippen LogP contribution is -2.37. The van der Waals surface area contributed by atoms with Crippen LogP contribution in [0.15, 0.2) is 30.3 Å². The van der Waals surface area contributed by atoms with Crippen molar-refractivity contribution >= 4 is 11.8 Å². The summed E-state index contributed by atoms with van der Waals surface area (Å²) in [4.78, 5) is 28.8. The van der Waals surface area contributed by atoms with Gasteiger partial charge in [0.2, 0.25) is 11.8 Å². The normalized spacial score (nSPS) is 21.3. The molecule has 0 N–H and O–H groups in total. The standard InChI is InChI=1S/C20H28N2O3/c1-21(14-16-5-3-2-4-6-16)19(23)13-17-7-10-22(15-17)20(24)18-8-11-25-12-9-18/h2-6,17-18H,7-15H2,1H3. The molecule has 2 fully saturated rings. The van der Waals surface area contributed by atoms with Crippen molar-refractivity contribution in [3.63, 3.8) is 0 Å². The summed E-state index contributed by atoms with van der Waals surface area (Å²) >= 11 is 0. The van der Waals surface area contributed by atoms with E-state index in [0.717, 1.165) is 37.9 Å². The highest BCUT2D eigenvalue weighted by molar-refractivity contribution is 5.80. The van der Waals surface area contributed by atoms with Gasteiger partial charge in [0.25, 0.3) is 0 Å². The fourth-order valence-electron chi connectivity index (χ4n) is 3.75. The van der Waals surface area contributed by atoms with Crippen LogP contribution >= 0.6 is 0 Å². The number of likely N-dealkylation sites (tertiary alicyclic amines) is 1. The Kier molecular flexibility index (Phi) is 6.08. The van der Waals surface area contributed by atoms with Gasteiger partial charge in [-0.25, -0.2) is 0 Å². The maximum Gasteiger partial charge on any atom is 0.225 e. The molecule has 5 heteroatoms. The van der Waals surface area contributed by atoms with E-state index in [9.17, 15) is 9.59 Å². The van der Waals surface area contributed by atoms with Crippen LogP contribution in [-0.2, 0) is 20.9 Å². The zero-order valence-corrected chi connectivity index (χ0v) is 15.0. The lowest BCUT2D eigenvalue weighted by molar-refractivity contribution is -0.138. The minimum atomic E-state index is 0.115. The predicted molar refractivity (Wildman–Crippen MR) is 95.8 cm³/mol. The molecule has 2 aliphatic heterocycles. The zero-order valence-electron chi connectivity index (χ0n) is 15.0. The fraction of sp³-hybridized carbons (Fsp3) is 0.600. The number of carbonyl (C=O) groups excluding carboxylic acids is 2. The molecular formula is C20H28N2O3. The molecule has 2 amide bonds. The van der Waals surface area contributed by atoms with Crippen molar-refractivity contribution < 1.29 is 14.3 Å². The molecule has 3 rings (SSSR count). The van der Waals surface area contributed by atoms with E-state index in [1.165, 1.54) is 0 Å². The van der Waals surface area contributed by atoms with Gasteiger partial charge in [-0.15, -0.1) is 0 Å². The predicted octanol–water partition coefficient (Wildman–Crippen LogP) is 2.31. The van der Waals surface area contributed by atoms with Gasteiger partial charge in [0.05, 0.1) is 0 Å². The monoisotopic (exact) mass is 344 g/mol. The van der Waals surface area contributed by atoms with Gasteiger partial charge in [0, 0.05) is 52.2 Å². The number of amides is 2. The Bertz CT molecular complexity index is 584. The van der Waals surface area contributed by atoms with Crippen LogP contribution in [0.5, 0.6) is 0 Å². The molecule has 0 bridgehead atoms. The van der Waals surface area contributed by atoms with E-state index < -0.39 is 0 Å². The number of hydrogen-bond donors (Lipinski definition) is 0. The highest BCUT2D eigenvalue weighted by Gasteiger charge is 2.32. The van der Waals surface area contributed by atoms with E-state index >= 15 is 0 Å². The van der Waals surface area contributed by atoms with Gasteiger partial charge in [-0.05, 0) is 30.7 Å². The first-order chi connectivity index (χ1) is 12.1. The van der Waals surface area contributed by atoms with Crippen molar-refractivity contribution in [1.29, 1.82) is 0 Å². The maximum absolute atomic E-state index is 12.6. The molecule has 0 aliphatic carbocycles. The topological polar surface area (TPSA) is 49.9 Å². The molecule has 136 valence electrons. The second-order valence-corrected chi connectivity index (χ2v) is 7.27. The van der Waals surface area contributed by atoms with Crippen molar-refractivity contribution in [2.75, 3.05) is 33.4 Å². The molecule has 0 saturated carbocycles. The number of rotatable bonds is 5. The van der Waals surface area contributed by atoms with Gasteiger partial charge in [-0.2, -0.15) is 0 Å². The van der Waals surface area contributed by atoms with Gasteiger partial charge in [0.15, 0.2) is 0 Å². The molecule has 0 spiro atoms. The molecule has 0 radical (unpaired) electrons. The van der Waals surface area contributed by atoms with Crippen molar-refractivity contribution in [3.8, 4) is 0 Å². The molecule has 5 nitrogen and oxygen atoms in total. The molecule has 1 aromatic rings. The third kappa shape index (κ3) is 4.82. The number of nitrogens with zero attached hydrogens (tertiary/aromatic N) is 2. The molecule has 2 aliphatic rings. The quantitative estimate of drug-likeness (QED) is 0.824. The minimum Gasteiger partial charge on any atom is -0.381 e. The summed E-state index contributed by atoms with van der Waals surface area (Å²) in [7, 11) is 1.86. The molecule has 1 aromatic carbocycles. The Labute approximate surface area is 149 Å². The van der Waals surface area contributed by atoms with Crippen LogP contribution in [-0.4, -0.2) is 55.0 Å². The molecule has 2 saturated heterocycles. The van der Waals surface area contributed by atoms with E-state index in [0.29, 0.717) is 26.2 Å². The average Bonchev–Trinajstić information content (AvgIpc) is 3.11. The van der Waals surface area contributed by atoms with E-state index in [1.54, 1.807) is 4.90 Å². The molecular weight excluding hydrogens is 316 g/mol. The third-order valence-electron chi connectivity index (χ3n) is 5.32. The fourth-order valence-corrected chi connectivity index (χ4v) is 3.75. The van der Waals surface area contributed by atoms with Crippen LogP contribution in [0.4, 0.5) is 0 Å². The lowest BCUT2D eigenvalue weighted by Gasteiger charge is -2.26. The van der Waals surface area contributed by atoms with Gasteiger partial charge < -0.3 is 14.5 Å². The average molecular weight is 344 g/mol. The summed E-state index contributed by atoms with van der Waals surface area (Å²) in [5.74, 6) is 0.823. The summed E-state index contributed by atoms with van der Waals surface area (Å²) < 4.78 is 5.34. The number of hydrogen-bond acceptors (Lipinski definition) is 3.